The molecule has 2 heterocycles. The van der Waals surface area contributed by atoms with Crippen molar-refractivity contribution >= 4 is 23.2 Å². The van der Waals surface area contributed by atoms with Crippen LogP contribution in [0.3, 0.4) is 0 Å². The molecule has 1 aliphatic carbocycles. The van der Waals surface area contributed by atoms with Gasteiger partial charge in [0.2, 0.25) is 0 Å². The number of hydrogen-bond acceptors (Lipinski definition) is 3. The van der Waals surface area contributed by atoms with Crippen LogP contribution < -0.4 is 10.9 Å². The summed E-state index contributed by atoms with van der Waals surface area (Å²) in [6.45, 7) is 10.3. The summed E-state index contributed by atoms with van der Waals surface area (Å²) >= 11 is 1.54. The summed E-state index contributed by atoms with van der Waals surface area (Å²) in [5, 5.41) is 0. The molecule has 0 radical (unpaired) electrons. The van der Waals surface area contributed by atoms with Gasteiger partial charge in [0, 0.05) is 22.3 Å². The van der Waals surface area contributed by atoms with E-state index in [1.54, 1.807) is 0 Å². The normalized spacial score (nSPS) is 16.5. The minimum absolute atomic E-state index is 0.247. The molecule has 2 aromatic heterocycles. The molecule has 140 valence electrons. The third-order valence-electron chi connectivity index (χ3n) is 5.09. The van der Waals surface area contributed by atoms with Crippen molar-refractivity contribution in [2.45, 2.75) is 59.9 Å². The molecule has 0 bridgehead atoms. The zero-order valence-corrected chi connectivity index (χ0v) is 16.9. The van der Waals surface area contributed by atoms with Crippen LogP contribution in [-0.2, 0) is 12.8 Å². The van der Waals surface area contributed by atoms with E-state index in [0.29, 0.717) is 16.4 Å². The molecule has 0 aromatic carbocycles. The maximum Gasteiger partial charge on any atom is 0.279 e. The molecular weight excluding hydrogens is 346 g/mol. The lowest BCUT2D eigenvalue weighted by Crippen LogP contribution is -2.41. The molecule has 3 rings (SSSR count). The summed E-state index contributed by atoms with van der Waals surface area (Å²) in [6, 6.07) is 4.12. The van der Waals surface area contributed by atoms with Crippen molar-refractivity contribution < 1.29 is 9.59 Å². The minimum atomic E-state index is -0.284. The number of carbonyl (C=O) groups is 2. The lowest BCUT2D eigenvalue weighted by atomic mass is 9.90. The molecule has 2 aromatic rings. The van der Waals surface area contributed by atoms with E-state index >= 15 is 0 Å². The van der Waals surface area contributed by atoms with E-state index in [0.717, 1.165) is 24.2 Å². The predicted octanol–water partition coefficient (Wildman–Crippen LogP) is 3.95. The van der Waals surface area contributed by atoms with Crippen molar-refractivity contribution in [2.24, 2.45) is 5.92 Å². The standard InChI is InChI=1S/C20H27N3O2S/c1-11(2)23-13(4)9-16(14(23)5)19(24)21-22-20(25)18-10-15-8-12(3)6-7-17(15)26-18/h9-12H,6-8H2,1-5H3,(H,21,24)(H,22,25)/t12-/m1/s1. The number of carbonyl (C=O) groups excluding carboxylic acids is 2. The number of thiophene rings is 1. The van der Waals surface area contributed by atoms with Crippen molar-refractivity contribution in [3.8, 4) is 0 Å². The molecule has 5 nitrogen and oxygen atoms in total. The number of hydrogen-bond donors (Lipinski definition) is 2. The number of amides is 2. The molecule has 0 unspecified atom stereocenters. The number of aryl methyl sites for hydroxylation is 2. The fourth-order valence-electron chi connectivity index (χ4n) is 3.86. The highest BCUT2D eigenvalue weighted by Gasteiger charge is 2.22. The molecule has 26 heavy (non-hydrogen) atoms. The number of nitrogens with one attached hydrogen (secondary N) is 2. The van der Waals surface area contributed by atoms with Gasteiger partial charge in [0.05, 0.1) is 10.4 Å². The molecular formula is C20H27N3O2S. The Morgan fingerprint density at radius 1 is 1.19 bits per heavy atom. The summed E-state index contributed by atoms with van der Waals surface area (Å²) in [5.41, 5.74) is 8.95. The Morgan fingerprint density at radius 2 is 1.88 bits per heavy atom. The second-order valence-electron chi connectivity index (χ2n) is 7.56. The summed E-state index contributed by atoms with van der Waals surface area (Å²) in [7, 11) is 0. The Hall–Kier alpha value is -2.08. The van der Waals surface area contributed by atoms with Gasteiger partial charge in [-0.25, -0.2) is 0 Å². The number of nitrogens with zero attached hydrogens (tertiary/aromatic N) is 1. The van der Waals surface area contributed by atoms with E-state index in [2.05, 4.69) is 36.2 Å². The minimum Gasteiger partial charge on any atom is -0.346 e. The number of rotatable bonds is 3. The molecule has 1 aliphatic rings. The summed E-state index contributed by atoms with van der Waals surface area (Å²) in [6.07, 6.45) is 3.26. The fourth-order valence-corrected chi connectivity index (χ4v) is 4.97. The molecule has 0 saturated carbocycles. The van der Waals surface area contributed by atoms with Crippen LogP contribution >= 0.6 is 11.3 Å². The molecule has 0 spiro atoms. The highest BCUT2D eigenvalue weighted by molar-refractivity contribution is 7.14. The number of hydrazine groups is 1. The first-order chi connectivity index (χ1) is 12.3. The first-order valence-corrected chi connectivity index (χ1v) is 10.00. The molecule has 0 saturated heterocycles. The van der Waals surface area contributed by atoms with Gasteiger partial charge in [0.25, 0.3) is 11.8 Å². The Morgan fingerprint density at radius 3 is 2.54 bits per heavy atom. The number of fused-ring (bicyclic) bond motifs is 1. The zero-order chi connectivity index (χ0) is 19.0. The van der Waals surface area contributed by atoms with E-state index in [1.165, 1.54) is 28.2 Å². The molecule has 6 heteroatoms. The lowest BCUT2D eigenvalue weighted by molar-refractivity contribution is 0.0848. The second-order valence-corrected chi connectivity index (χ2v) is 8.70. The van der Waals surface area contributed by atoms with Crippen molar-refractivity contribution in [1.29, 1.82) is 0 Å². The first-order valence-electron chi connectivity index (χ1n) is 9.18. The van der Waals surface area contributed by atoms with Crippen LogP contribution in [0.5, 0.6) is 0 Å². The van der Waals surface area contributed by atoms with E-state index in [1.807, 2.05) is 26.0 Å². The third-order valence-corrected chi connectivity index (χ3v) is 6.32. The van der Waals surface area contributed by atoms with Crippen LogP contribution in [0.4, 0.5) is 0 Å². The van der Waals surface area contributed by atoms with Gasteiger partial charge in [-0.1, -0.05) is 6.92 Å². The summed E-state index contributed by atoms with van der Waals surface area (Å²) < 4.78 is 2.12. The third kappa shape index (κ3) is 3.56. The fraction of sp³-hybridized carbons (Fsp3) is 0.500. The summed E-state index contributed by atoms with van der Waals surface area (Å²) in [5.74, 6) is 0.139. The van der Waals surface area contributed by atoms with Crippen molar-refractivity contribution in [2.75, 3.05) is 0 Å². The van der Waals surface area contributed by atoms with Crippen molar-refractivity contribution in [3.05, 3.63) is 44.4 Å². The van der Waals surface area contributed by atoms with Crippen LogP contribution in [-0.4, -0.2) is 16.4 Å². The average molecular weight is 374 g/mol. The van der Waals surface area contributed by atoms with Crippen molar-refractivity contribution in [1.82, 2.24) is 15.4 Å². The number of aromatic nitrogens is 1. The van der Waals surface area contributed by atoms with Gasteiger partial charge in [0.1, 0.15) is 0 Å². The van der Waals surface area contributed by atoms with Crippen LogP contribution in [0.1, 0.15) is 75.1 Å². The quantitative estimate of drug-likeness (QED) is 0.800. The Balaban J connectivity index is 1.67. The first kappa shape index (κ1) is 18.7. The van der Waals surface area contributed by atoms with Gasteiger partial charge >= 0.3 is 0 Å². The highest BCUT2D eigenvalue weighted by Crippen LogP contribution is 2.32. The van der Waals surface area contributed by atoms with E-state index in [9.17, 15) is 9.59 Å². The van der Waals surface area contributed by atoms with E-state index in [-0.39, 0.29) is 17.9 Å². The smallest absolute Gasteiger partial charge is 0.279 e. The van der Waals surface area contributed by atoms with E-state index < -0.39 is 0 Å². The Bertz CT molecular complexity index is 848. The maximum atomic E-state index is 12.5. The van der Waals surface area contributed by atoms with Crippen LogP contribution in [0.15, 0.2) is 12.1 Å². The van der Waals surface area contributed by atoms with Gasteiger partial charge in [-0.2, -0.15) is 0 Å². The topological polar surface area (TPSA) is 63.1 Å². The van der Waals surface area contributed by atoms with Crippen LogP contribution in [0, 0.1) is 19.8 Å². The SMILES string of the molecule is Cc1cc(C(=O)NNC(=O)c2cc3c(s2)CC[C@@H](C)C3)c(C)n1C(C)C. The van der Waals surface area contributed by atoms with E-state index in [4.69, 9.17) is 0 Å². The second kappa shape index (κ2) is 7.27. The predicted molar refractivity (Wildman–Crippen MR) is 105 cm³/mol. The lowest BCUT2D eigenvalue weighted by Gasteiger charge is -2.16. The van der Waals surface area contributed by atoms with Gasteiger partial charge in [-0.05, 0) is 70.6 Å². The maximum absolute atomic E-state index is 12.5. The Kier molecular flexibility index (Phi) is 5.23. The van der Waals surface area contributed by atoms with Gasteiger partial charge in [-0.15, -0.1) is 11.3 Å². The molecule has 0 fully saturated rings. The zero-order valence-electron chi connectivity index (χ0n) is 16.1. The van der Waals surface area contributed by atoms with Crippen molar-refractivity contribution in [3.63, 3.8) is 0 Å². The average Bonchev–Trinajstić information content (AvgIpc) is 3.12. The molecule has 1 atom stereocenters. The molecule has 0 aliphatic heterocycles. The van der Waals surface area contributed by atoms with Gasteiger partial charge in [-0.3, -0.25) is 20.4 Å². The Labute approximate surface area is 158 Å². The highest BCUT2D eigenvalue weighted by atomic mass is 32.1. The van der Waals surface area contributed by atoms with Crippen LogP contribution in [0.2, 0.25) is 0 Å². The van der Waals surface area contributed by atoms with Crippen LogP contribution in [0.25, 0.3) is 0 Å². The van der Waals surface area contributed by atoms with Gasteiger partial charge in [0.15, 0.2) is 0 Å². The largest absolute Gasteiger partial charge is 0.346 e. The summed E-state index contributed by atoms with van der Waals surface area (Å²) in [4.78, 5) is 26.9. The monoisotopic (exact) mass is 373 g/mol. The molecule has 2 N–H and O–H groups in total. The van der Waals surface area contributed by atoms with Gasteiger partial charge < -0.3 is 4.57 Å². The molecule has 2 amide bonds.